The van der Waals surface area contributed by atoms with Gasteiger partial charge in [0.15, 0.2) is 5.69 Å². The van der Waals surface area contributed by atoms with Crippen molar-refractivity contribution in [1.29, 1.82) is 0 Å². The maximum Gasteiger partial charge on any atom is 0.273 e. The molecule has 0 spiro atoms. The minimum atomic E-state index is -0.270. The quantitative estimate of drug-likeness (QED) is 0.205. The number of carbonyl (C=O) groups is 1. The molecule has 1 unspecified atom stereocenters. The fourth-order valence-electron chi connectivity index (χ4n) is 4.83. The number of benzene rings is 3. The summed E-state index contributed by atoms with van der Waals surface area (Å²) in [5.41, 5.74) is 4.66. The van der Waals surface area contributed by atoms with Crippen molar-refractivity contribution in [3.8, 4) is 11.5 Å². The Morgan fingerprint density at radius 2 is 1.80 bits per heavy atom. The molecule has 8 heteroatoms. The molecule has 40 heavy (non-hydrogen) atoms. The van der Waals surface area contributed by atoms with Crippen molar-refractivity contribution < 1.29 is 18.7 Å². The molecular formula is C32H34N4O4. The number of nitrogens with zero attached hydrogens (tertiary/aromatic N) is 2. The molecule has 0 aliphatic heterocycles. The average molecular weight is 539 g/mol. The van der Waals surface area contributed by atoms with E-state index < -0.39 is 0 Å². The zero-order valence-corrected chi connectivity index (χ0v) is 23.0. The molecule has 1 atom stereocenters. The van der Waals surface area contributed by atoms with Crippen molar-refractivity contribution in [3.05, 3.63) is 114 Å². The molecule has 0 saturated carbocycles. The normalized spacial score (nSPS) is 12.0. The van der Waals surface area contributed by atoms with Gasteiger partial charge in [-0.1, -0.05) is 54.6 Å². The van der Waals surface area contributed by atoms with E-state index in [1.54, 1.807) is 14.2 Å². The Kier molecular flexibility index (Phi) is 8.47. The summed E-state index contributed by atoms with van der Waals surface area (Å²) in [6.45, 7) is 3.72. The van der Waals surface area contributed by atoms with Crippen LogP contribution in [0.25, 0.3) is 10.9 Å². The van der Waals surface area contributed by atoms with Crippen molar-refractivity contribution in [2.75, 3.05) is 20.8 Å². The van der Waals surface area contributed by atoms with Gasteiger partial charge in [0.05, 0.1) is 26.8 Å². The number of aromatic amines is 1. The molecule has 0 fully saturated rings. The lowest BCUT2D eigenvalue weighted by Crippen LogP contribution is -2.27. The van der Waals surface area contributed by atoms with Gasteiger partial charge in [-0.05, 0) is 36.6 Å². The fourth-order valence-corrected chi connectivity index (χ4v) is 4.83. The number of fused-ring (bicyclic) bond motifs is 1. The minimum Gasteiger partial charge on any atom is -0.497 e. The summed E-state index contributed by atoms with van der Waals surface area (Å²) in [5.74, 6) is 1.69. The first-order valence-electron chi connectivity index (χ1n) is 13.3. The highest BCUT2D eigenvalue weighted by Crippen LogP contribution is 2.27. The molecule has 8 nitrogen and oxygen atoms in total. The molecule has 2 heterocycles. The van der Waals surface area contributed by atoms with Crippen LogP contribution in [0.5, 0.6) is 11.5 Å². The van der Waals surface area contributed by atoms with Crippen LogP contribution in [0.1, 0.15) is 46.0 Å². The highest BCUT2D eigenvalue weighted by atomic mass is 16.5. The molecule has 5 aromatic rings. The minimum absolute atomic E-state index is 0.149. The van der Waals surface area contributed by atoms with Crippen LogP contribution in [0.4, 0.5) is 0 Å². The fraction of sp³-hybridized carbons (Fsp3) is 0.250. The monoisotopic (exact) mass is 538 g/mol. The first-order chi connectivity index (χ1) is 19.5. The van der Waals surface area contributed by atoms with Gasteiger partial charge in [-0.2, -0.15) is 0 Å². The maximum atomic E-state index is 12.9. The van der Waals surface area contributed by atoms with Gasteiger partial charge >= 0.3 is 0 Å². The van der Waals surface area contributed by atoms with E-state index >= 15 is 0 Å². The summed E-state index contributed by atoms with van der Waals surface area (Å²) in [6, 6.07) is 23.8. The Bertz CT molecular complexity index is 1560. The van der Waals surface area contributed by atoms with Crippen molar-refractivity contribution >= 4 is 16.8 Å². The third-order valence-electron chi connectivity index (χ3n) is 7.05. The number of methoxy groups -OCH3 is 2. The predicted octanol–water partition coefficient (Wildman–Crippen LogP) is 5.91. The largest absolute Gasteiger partial charge is 0.497 e. The van der Waals surface area contributed by atoms with Crippen molar-refractivity contribution in [2.45, 2.75) is 32.5 Å². The highest BCUT2D eigenvalue weighted by molar-refractivity contribution is 5.92. The Hall–Kier alpha value is -4.56. The number of rotatable bonds is 12. The number of nitrogens with one attached hydrogen (secondary N) is 2. The Morgan fingerprint density at radius 1 is 1.00 bits per heavy atom. The van der Waals surface area contributed by atoms with Gasteiger partial charge in [-0.15, -0.1) is 0 Å². The lowest BCUT2D eigenvalue weighted by Gasteiger charge is -2.22. The SMILES string of the molecule is COc1ccc(CN(CCc2c[nH]c3ccccc23)Cc2nc(C(=O)NC(C)c3ccccc3)co2)c(OC)c1. The molecule has 0 saturated heterocycles. The molecule has 3 aromatic carbocycles. The molecule has 2 N–H and O–H groups in total. The van der Waals surface area contributed by atoms with Crippen molar-refractivity contribution in [3.63, 3.8) is 0 Å². The van der Waals surface area contributed by atoms with Gasteiger partial charge < -0.3 is 24.2 Å². The lowest BCUT2D eigenvalue weighted by atomic mass is 10.1. The molecule has 0 radical (unpaired) electrons. The summed E-state index contributed by atoms with van der Waals surface area (Å²) >= 11 is 0. The summed E-state index contributed by atoms with van der Waals surface area (Å²) in [6.07, 6.45) is 4.32. The van der Waals surface area contributed by atoms with Gasteiger partial charge in [0.2, 0.25) is 5.89 Å². The molecule has 0 bridgehead atoms. The van der Waals surface area contributed by atoms with Gasteiger partial charge in [0.1, 0.15) is 17.8 Å². The third-order valence-corrected chi connectivity index (χ3v) is 7.05. The molecule has 0 aliphatic carbocycles. The molecular weight excluding hydrogens is 504 g/mol. The summed E-state index contributed by atoms with van der Waals surface area (Å²) in [5, 5.41) is 4.21. The zero-order valence-electron chi connectivity index (χ0n) is 23.0. The second-order valence-corrected chi connectivity index (χ2v) is 9.73. The van der Waals surface area contributed by atoms with E-state index in [2.05, 4.69) is 44.6 Å². The maximum absolute atomic E-state index is 12.9. The zero-order chi connectivity index (χ0) is 27.9. The topological polar surface area (TPSA) is 92.6 Å². The lowest BCUT2D eigenvalue weighted by molar-refractivity contribution is 0.0934. The number of carbonyl (C=O) groups excluding carboxylic acids is 1. The summed E-state index contributed by atoms with van der Waals surface area (Å²) < 4.78 is 16.8. The summed E-state index contributed by atoms with van der Waals surface area (Å²) in [7, 11) is 3.29. The summed E-state index contributed by atoms with van der Waals surface area (Å²) in [4.78, 5) is 23.0. The van der Waals surface area contributed by atoms with E-state index in [9.17, 15) is 4.79 Å². The standard InChI is InChI=1S/C32H34N4O4/c1-22(23-9-5-4-6-10-23)34-32(37)29-21-40-31(35-29)20-36(19-25-13-14-26(38-2)17-30(25)39-3)16-15-24-18-33-28-12-8-7-11-27(24)28/h4-14,17-18,21-22,33H,15-16,19-20H2,1-3H3,(H,34,37). The van der Waals surface area contributed by atoms with E-state index in [4.69, 9.17) is 13.9 Å². The second-order valence-electron chi connectivity index (χ2n) is 9.73. The number of aromatic nitrogens is 2. The van der Waals surface area contributed by atoms with Crippen LogP contribution in [-0.4, -0.2) is 41.5 Å². The number of oxazole rings is 1. The Balaban J connectivity index is 1.32. The molecule has 0 aliphatic rings. The van der Waals surface area contributed by atoms with Crippen LogP contribution < -0.4 is 14.8 Å². The van der Waals surface area contributed by atoms with Crippen LogP contribution in [0.2, 0.25) is 0 Å². The van der Waals surface area contributed by atoms with Gasteiger partial charge in [-0.25, -0.2) is 4.98 Å². The van der Waals surface area contributed by atoms with Gasteiger partial charge in [0.25, 0.3) is 5.91 Å². The van der Waals surface area contributed by atoms with Gasteiger partial charge in [0, 0.05) is 41.8 Å². The van der Waals surface area contributed by atoms with Crippen LogP contribution in [0, 0.1) is 0 Å². The average Bonchev–Trinajstić information content (AvgIpc) is 3.64. The molecule has 206 valence electrons. The molecule has 1 amide bonds. The first kappa shape index (κ1) is 27.0. The predicted molar refractivity (Wildman–Crippen MR) is 154 cm³/mol. The van der Waals surface area contributed by atoms with Crippen molar-refractivity contribution in [2.24, 2.45) is 0 Å². The number of para-hydroxylation sites is 1. The highest BCUT2D eigenvalue weighted by Gasteiger charge is 2.19. The Labute approximate surface area is 233 Å². The smallest absolute Gasteiger partial charge is 0.273 e. The Morgan fingerprint density at radius 3 is 2.60 bits per heavy atom. The first-order valence-corrected chi connectivity index (χ1v) is 13.3. The van der Waals surface area contributed by atoms with Gasteiger partial charge in [-0.3, -0.25) is 9.69 Å². The third kappa shape index (κ3) is 6.35. The van der Waals surface area contributed by atoms with E-state index in [-0.39, 0.29) is 17.6 Å². The molecule has 5 rings (SSSR count). The number of amides is 1. The number of hydrogen-bond donors (Lipinski definition) is 2. The second kappa shape index (κ2) is 12.5. The van der Waals surface area contributed by atoms with E-state index in [0.717, 1.165) is 41.1 Å². The van der Waals surface area contributed by atoms with Crippen LogP contribution >= 0.6 is 0 Å². The number of H-pyrrole nitrogens is 1. The van der Waals surface area contributed by atoms with Crippen LogP contribution in [0.15, 0.2) is 89.7 Å². The van der Waals surface area contributed by atoms with E-state index in [1.807, 2.05) is 61.5 Å². The number of ether oxygens (including phenoxy) is 2. The molecule has 2 aromatic heterocycles. The van der Waals surface area contributed by atoms with Crippen LogP contribution in [-0.2, 0) is 19.5 Å². The van der Waals surface area contributed by atoms with E-state index in [0.29, 0.717) is 19.0 Å². The van der Waals surface area contributed by atoms with E-state index in [1.165, 1.54) is 17.2 Å². The number of hydrogen-bond acceptors (Lipinski definition) is 6. The van der Waals surface area contributed by atoms with Crippen molar-refractivity contribution in [1.82, 2.24) is 20.2 Å². The van der Waals surface area contributed by atoms with Crippen LogP contribution in [0.3, 0.4) is 0 Å².